The SMILES string of the molecule is CCCCCCCC/C=C\CCCCCCCCCC(=O)OC(CO)COP(=O)(O)OCC(CO)OC(=O)CCCCCCCCCCCC. The summed E-state index contributed by atoms with van der Waals surface area (Å²) in [5, 5.41) is 19.1. The van der Waals surface area contributed by atoms with Gasteiger partial charge in [-0.1, -0.05) is 148 Å². The Labute approximate surface area is 305 Å². The third kappa shape index (κ3) is 33.8. The Morgan fingerprint density at radius 3 is 1.14 bits per heavy atom. The van der Waals surface area contributed by atoms with Crippen molar-refractivity contribution in [3.8, 4) is 0 Å². The van der Waals surface area contributed by atoms with Gasteiger partial charge in [0.05, 0.1) is 26.4 Å². The summed E-state index contributed by atoms with van der Waals surface area (Å²) >= 11 is 0. The number of aliphatic hydroxyl groups is 2. The lowest BCUT2D eigenvalue weighted by atomic mass is 10.1. The third-order valence-corrected chi connectivity index (χ3v) is 9.68. The van der Waals surface area contributed by atoms with E-state index in [0.29, 0.717) is 12.8 Å². The molecule has 3 unspecified atom stereocenters. The van der Waals surface area contributed by atoms with Gasteiger partial charge in [0.2, 0.25) is 0 Å². The van der Waals surface area contributed by atoms with Crippen molar-refractivity contribution in [2.24, 2.45) is 0 Å². The van der Waals surface area contributed by atoms with E-state index in [2.05, 4.69) is 26.0 Å². The molecule has 11 heteroatoms. The Kier molecular flexibility index (Phi) is 35.2. The van der Waals surface area contributed by atoms with Gasteiger partial charge in [-0.3, -0.25) is 18.6 Å². The van der Waals surface area contributed by atoms with Crippen LogP contribution in [0.4, 0.5) is 0 Å². The molecule has 0 bridgehead atoms. The van der Waals surface area contributed by atoms with Gasteiger partial charge in [0.15, 0.2) is 0 Å². The van der Waals surface area contributed by atoms with Gasteiger partial charge in [0.25, 0.3) is 0 Å². The molecule has 3 N–H and O–H groups in total. The van der Waals surface area contributed by atoms with Crippen molar-refractivity contribution in [2.45, 2.75) is 199 Å². The van der Waals surface area contributed by atoms with Crippen molar-refractivity contribution in [1.29, 1.82) is 0 Å². The highest BCUT2D eigenvalue weighted by molar-refractivity contribution is 7.47. The van der Waals surface area contributed by atoms with Crippen LogP contribution in [-0.4, -0.2) is 65.7 Å². The van der Waals surface area contributed by atoms with Crippen LogP contribution in [-0.2, 0) is 32.7 Å². The Hall–Kier alpha value is -1.29. The first-order valence-corrected chi connectivity index (χ1v) is 21.6. The van der Waals surface area contributed by atoms with Gasteiger partial charge in [-0.15, -0.1) is 0 Å². The second-order valence-electron chi connectivity index (χ2n) is 13.6. The second kappa shape index (κ2) is 36.1. The number of ether oxygens (including phenoxy) is 2. The highest BCUT2D eigenvalue weighted by atomic mass is 31.2. The molecular weight excluding hydrogens is 659 g/mol. The Balaban J connectivity index is 3.93. The molecule has 0 aromatic rings. The van der Waals surface area contributed by atoms with E-state index in [0.717, 1.165) is 44.9 Å². The highest BCUT2D eigenvalue weighted by Crippen LogP contribution is 2.43. The summed E-state index contributed by atoms with van der Waals surface area (Å²) in [6, 6.07) is 0. The largest absolute Gasteiger partial charge is 0.472 e. The minimum absolute atomic E-state index is 0.190. The number of hydrogen-bond acceptors (Lipinski definition) is 9. The molecule has 0 radical (unpaired) electrons. The Morgan fingerprint density at radius 1 is 0.520 bits per heavy atom. The number of hydrogen-bond donors (Lipinski definition) is 3. The molecule has 0 spiro atoms. The standard InChI is InChI=1S/C39H75O10P/c1-3-5-7-9-11-13-15-16-17-18-19-20-21-23-25-27-29-31-39(43)49-37(33-41)35-47-50(44,45)46-34-36(32-40)48-38(42)30-28-26-24-22-14-12-10-8-6-4-2/h16-17,36-37,40-41H,3-15,18-35H2,1-2H3,(H,44,45)/b17-16-. The molecule has 296 valence electrons. The van der Waals surface area contributed by atoms with Crippen LogP contribution in [0.3, 0.4) is 0 Å². The maximum absolute atomic E-state index is 12.3. The van der Waals surface area contributed by atoms with E-state index in [1.165, 1.54) is 103 Å². The molecule has 10 nitrogen and oxygen atoms in total. The van der Waals surface area contributed by atoms with Crippen LogP contribution in [0, 0.1) is 0 Å². The summed E-state index contributed by atoms with van der Waals surface area (Å²) in [4.78, 5) is 34.3. The summed E-state index contributed by atoms with van der Waals surface area (Å²) in [7, 11) is -4.62. The maximum atomic E-state index is 12.3. The lowest BCUT2D eigenvalue weighted by molar-refractivity contribution is -0.153. The summed E-state index contributed by atoms with van der Waals surface area (Å²) in [5.74, 6) is -1.02. The smallest absolute Gasteiger partial charge is 0.457 e. The van der Waals surface area contributed by atoms with E-state index in [1.54, 1.807) is 0 Å². The van der Waals surface area contributed by atoms with Crippen LogP contribution < -0.4 is 0 Å². The van der Waals surface area contributed by atoms with Crippen molar-refractivity contribution in [3.63, 3.8) is 0 Å². The number of esters is 2. The Morgan fingerprint density at radius 2 is 0.820 bits per heavy atom. The van der Waals surface area contributed by atoms with Crippen LogP contribution in [0.1, 0.15) is 187 Å². The number of unbranched alkanes of at least 4 members (excludes halogenated alkanes) is 22. The van der Waals surface area contributed by atoms with Crippen LogP contribution in [0.2, 0.25) is 0 Å². The molecule has 0 aliphatic rings. The van der Waals surface area contributed by atoms with Crippen molar-refractivity contribution in [3.05, 3.63) is 12.2 Å². The van der Waals surface area contributed by atoms with Gasteiger partial charge in [0, 0.05) is 12.8 Å². The van der Waals surface area contributed by atoms with Gasteiger partial charge in [-0.2, -0.15) is 0 Å². The molecule has 0 amide bonds. The molecule has 0 saturated carbocycles. The minimum Gasteiger partial charge on any atom is -0.457 e. The molecule has 0 aliphatic heterocycles. The van der Waals surface area contributed by atoms with Gasteiger partial charge in [0.1, 0.15) is 12.2 Å². The topological polar surface area (TPSA) is 149 Å². The fraction of sp³-hybridized carbons (Fsp3) is 0.897. The molecule has 0 rings (SSSR count). The predicted molar refractivity (Wildman–Crippen MR) is 201 cm³/mol. The van der Waals surface area contributed by atoms with E-state index >= 15 is 0 Å². The van der Waals surface area contributed by atoms with E-state index in [1.807, 2.05) is 0 Å². The van der Waals surface area contributed by atoms with Crippen LogP contribution in [0.5, 0.6) is 0 Å². The number of carbonyl (C=O) groups excluding carboxylic acids is 2. The molecule has 0 aliphatic carbocycles. The van der Waals surface area contributed by atoms with Gasteiger partial charge in [-0.05, 0) is 38.5 Å². The maximum Gasteiger partial charge on any atom is 0.472 e. The summed E-state index contributed by atoms with van der Waals surface area (Å²) in [6.45, 7) is 2.18. The van der Waals surface area contributed by atoms with Crippen molar-refractivity contribution in [2.75, 3.05) is 26.4 Å². The van der Waals surface area contributed by atoms with Crippen LogP contribution in [0.25, 0.3) is 0 Å². The third-order valence-electron chi connectivity index (χ3n) is 8.73. The van der Waals surface area contributed by atoms with E-state index < -0.39 is 58.4 Å². The average molecular weight is 735 g/mol. The van der Waals surface area contributed by atoms with Crippen LogP contribution >= 0.6 is 7.82 Å². The zero-order valence-corrected chi connectivity index (χ0v) is 32.8. The summed E-state index contributed by atoms with van der Waals surface area (Å²) in [6.07, 6.45) is 31.9. The molecule has 0 fully saturated rings. The predicted octanol–water partition coefficient (Wildman–Crippen LogP) is 10.1. The van der Waals surface area contributed by atoms with Crippen LogP contribution in [0.15, 0.2) is 12.2 Å². The monoisotopic (exact) mass is 735 g/mol. The molecule has 0 aromatic heterocycles. The average Bonchev–Trinajstić information content (AvgIpc) is 3.10. The van der Waals surface area contributed by atoms with E-state index in [4.69, 9.17) is 18.5 Å². The fourth-order valence-corrected chi connectivity index (χ4v) is 6.36. The van der Waals surface area contributed by atoms with E-state index in [9.17, 15) is 29.3 Å². The normalized spacial score (nSPS) is 14.1. The molecular formula is C39H75O10P. The second-order valence-corrected chi connectivity index (χ2v) is 15.1. The van der Waals surface area contributed by atoms with Crippen molar-refractivity contribution >= 4 is 19.8 Å². The molecule has 0 saturated heterocycles. The number of aliphatic hydroxyl groups excluding tert-OH is 2. The first-order valence-electron chi connectivity index (χ1n) is 20.1. The quantitative estimate of drug-likeness (QED) is 0.0242. The number of phosphoric ester groups is 1. The van der Waals surface area contributed by atoms with Gasteiger partial charge < -0.3 is 24.6 Å². The Bertz CT molecular complexity index is 853. The zero-order chi connectivity index (χ0) is 37.0. The number of allylic oxidation sites excluding steroid dienone is 2. The first kappa shape index (κ1) is 48.7. The zero-order valence-electron chi connectivity index (χ0n) is 31.9. The molecule has 0 heterocycles. The number of carbonyl (C=O) groups is 2. The molecule has 0 aromatic carbocycles. The molecule has 50 heavy (non-hydrogen) atoms. The summed E-state index contributed by atoms with van der Waals surface area (Å²) < 4.78 is 32.4. The first-order chi connectivity index (χ1) is 24.3. The fourth-order valence-electron chi connectivity index (χ4n) is 5.58. The highest BCUT2D eigenvalue weighted by Gasteiger charge is 2.27. The number of rotatable bonds is 38. The minimum atomic E-state index is -4.62. The van der Waals surface area contributed by atoms with Crippen molar-refractivity contribution < 1.29 is 47.8 Å². The van der Waals surface area contributed by atoms with Gasteiger partial charge in [-0.25, -0.2) is 4.57 Å². The molecule has 3 atom stereocenters. The van der Waals surface area contributed by atoms with Gasteiger partial charge >= 0.3 is 19.8 Å². The number of phosphoric acid groups is 1. The summed E-state index contributed by atoms with van der Waals surface area (Å²) in [5.41, 5.74) is 0. The van der Waals surface area contributed by atoms with E-state index in [-0.39, 0.29) is 12.8 Å². The lowest BCUT2D eigenvalue weighted by Crippen LogP contribution is -2.28. The lowest BCUT2D eigenvalue weighted by Gasteiger charge is -2.20. The van der Waals surface area contributed by atoms with Crippen molar-refractivity contribution in [1.82, 2.24) is 0 Å².